The molecular formula is C19H17ClN2O3. The normalized spacial score (nSPS) is 10.6. The molecule has 0 unspecified atom stereocenters. The molecule has 1 amide bonds. The van der Waals surface area contributed by atoms with Crippen molar-refractivity contribution >= 4 is 17.5 Å². The molecule has 25 heavy (non-hydrogen) atoms. The first kappa shape index (κ1) is 17.0. The summed E-state index contributed by atoms with van der Waals surface area (Å²) in [5.41, 5.74) is 0.741. The number of benzene rings is 1. The van der Waals surface area contributed by atoms with Gasteiger partial charge in [0.15, 0.2) is 5.76 Å². The van der Waals surface area contributed by atoms with Gasteiger partial charge in [0.1, 0.15) is 5.76 Å². The molecule has 2 heterocycles. The summed E-state index contributed by atoms with van der Waals surface area (Å²) < 4.78 is 7.12. The van der Waals surface area contributed by atoms with E-state index in [9.17, 15) is 9.59 Å². The summed E-state index contributed by atoms with van der Waals surface area (Å²) in [6.07, 6.45) is 1.68. The van der Waals surface area contributed by atoms with Gasteiger partial charge in [0.05, 0.1) is 6.54 Å². The van der Waals surface area contributed by atoms with E-state index in [1.54, 1.807) is 48.5 Å². The van der Waals surface area contributed by atoms with Crippen LogP contribution < -0.4 is 5.56 Å². The molecule has 5 nitrogen and oxygen atoms in total. The fourth-order valence-electron chi connectivity index (χ4n) is 2.48. The highest BCUT2D eigenvalue weighted by molar-refractivity contribution is 6.31. The van der Waals surface area contributed by atoms with Crippen molar-refractivity contribution in [2.24, 2.45) is 0 Å². The Bertz CT molecular complexity index is 945. The average Bonchev–Trinajstić information content (AvgIpc) is 3.07. The van der Waals surface area contributed by atoms with Gasteiger partial charge < -0.3 is 13.9 Å². The van der Waals surface area contributed by atoms with E-state index in [-0.39, 0.29) is 23.8 Å². The van der Waals surface area contributed by atoms with Gasteiger partial charge in [-0.15, -0.1) is 0 Å². The second-order valence-corrected chi connectivity index (χ2v) is 6.09. The van der Waals surface area contributed by atoms with E-state index in [0.29, 0.717) is 17.3 Å². The van der Waals surface area contributed by atoms with E-state index >= 15 is 0 Å². The molecule has 0 fully saturated rings. The lowest BCUT2D eigenvalue weighted by Crippen LogP contribution is -2.26. The molecule has 0 aliphatic heterocycles. The SMILES string of the molecule is CN(Cc1ccccc1Cl)C(=O)c1ccc(Cn2ccccc2=O)o1. The first-order valence-electron chi connectivity index (χ1n) is 7.77. The lowest BCUT2D eigenvalue weighted by atomic mass is 10.2. The molecule has 2 aromatic heterocycles. The Morgan fingerprint density at radius 3 is 2.64 bits per heavy atom. The molecule has 0 aliphatic rings. The maximum absolute atomic E-state index is 12.5. The zero-order valence-electron chi connectivity index (χ0n) is 13.7. The van der Waals surface area contributed by atoms with E-state index in [2.05, 4.69) is 0 Å². The lowest BCUT2D eigenvalue weighted by Gasteiger charge is -2.16. The van der Waals surface area contributed by atoms with E-state index < -0.39 is 0 Å². The van der Waals surface area contributed by atoms with Crippen molar-refractivity contribution < 1.29 is 9.21 Å². The predicted octanol–water partition coefficient (Wildman–Crippen LogP) is 3.42. The van der Waals surface area contributed by atoms with Crippen LogP contribution in [0.1, 0.15) is 21.9 Å². The molecule has 0 radical (unpaired) electrons. The number of amides is 1. The van der Waals surface area contributed by atoms with Gasteiger partial charge in [-0.05, 0) is 29.8 Å². The molecule has 128 valence electrons. The molecule has 0 atom stereocenters. The van der Waals surface area contributed by atoms with Crippen LogP contribution in [0, 0.1) is 0 Å². The van der Waals surface area contributed by atoms with Crippen LogP contribution in [0.2, 0.25) is 5.02 Å². The van der Waals surface area contributed by atoms with Crippen LogP contribution in [-0.2, 0) is 13.1 Å². The van der Waals surface area contributed by atoms with Crippen molar-refractivity contribution in [2.75, 3.05) is 7.05 Å². The average molecular weight is 357 g/mol. The quantitative estimate of drug-likeness (QED) is 0.704. The van der Waals surface area contributed by atoms with Gasteiger partial charge in [0, 0.05) is 30.9 Å². The third kappa shape index (κ3) is 4.00. The van der Waals surface area contributed by atoms with Crippen LogP contribution in [0.5, 0.6) is 0 Å². The van der Waals surface area contributed by atoms with Gasteiger partial charge in [-0.2, -0.15) is 0 Å². The van der Waals surface area contributed by atoms with E-state index in [4.69, 9.17) is 16.0 Å². The van der Waals surface area contributed by atoms with E-state index in [1.165, 1.54) is 10.6 Å². The third-order valence-electron chi connectivity index (χ3n) is 3.81. The standard InChI is InChI=1S/C19H17ClN2O3/c1-21(12-14-6-2-3-7-16(14)20)19(24)17-10-9-15(25-17)13-22-11-5-4-8-18(22)23/h2-11H,12-13H2,1H3. The summed E-state index contributed by atoms with van der Waals surface area (Å²) in [5.74, 6) is 0.530. The first-order valence-corrected chi connectivity index (χ1v) is 8.15. The van der Waals surface area contributed by atoms with Crippen LogP contribution >= 0.6 is 11.6 Å². The van der Waals surface area contributed by atoms with Crippen LogP contribution in [0.15, 0.2) is 70.0 Å². The molecule has 3 aromatic rings. The van der Waals surface area contributed by atoms with Gasteiger partial charge in [-0.3, -0.25) is 9.59 Å². The Kier molecular flexibility index (Phi) is 5.05. The number of furan rings is 1. The largest absolute Gasteiger partial charge is 0.454 e. The van der Waals surface area contributed by atoms with Crippen molar-refractivity contribution in [3.63, 3.8) is 0 Å². The Hall–Kier alpha value is -2.79. The van der Waals surface area contributed by atoms with Gasteiger partial charge >= 0.3 is 0 Å². The van der Waals surface area contributed by atoms with Gasteiger partial charge in [-0.1, -0.05) is 35.9 Å². The minimum absolute atomic E-state index is 0.123. The van der Waals surface area contributed by atoms with Gasteiger partial charge in [0.2, 0.25) is 0 Å². The summed E-state index contributed by atoms with van der Waals surface area (Å²) >= 11 is 6.13. The number of hydrogen-bond donors (Lipinski definition) is 0. The monoisotopic (exact) mass is 356 g/mol. The molecule has 1 aromatic carbocycles. The fraction of sp³-hybridized carbons (Fsp3) is 0.158. The highest BCUT2D eigenvalue weighted by atomic mass is 35.5. The van der Waals surface area contributed by atoms with Crippen LogP contribution in [-0.4, -0.2) is 22.4 Å². The number of aromatic nitrogens is 1. The highest BCUT2D eigenvalue weighted by Crippen LogP contribution is 2.18. The number of nitrogens with zero attached hydrogens (tertiary/aromatic N) is 2. The van der Waals surface area contributed by atoms with E-state index in [1.807, 2.05) is 18.2 Å². The number of carbonyl (C=O) groups excluding carboxylic acids is 1. The molecule has 3 rings (SSSR count). The summed E-state index contributed by atoms with van der Waals surface area (Å²) in [4.78, 5) is 25.8. The number of hydrogen-bond acceptors (Lipinski definition) is 3. The van der Waals surface area contributed by atoms with E-state index in [0.717, 1.165) is 5.56 Å². The fourth-order valence-corrected chi connectivity index (χ4v) is 2.67. The molecule has 0 bridgehead atoms. The minimum Gasteiger partial charge on any atom is -0.454 e. The van der Waals surface area contributed by atoms with Crippen LogP contribution in [0.25, 0.3) is 0 Å². The number of pyridine rings is 1. The minimum atomic E-state index is -0.244. The Morgan fingerprint density at radius 1 is 1.12 bits per heavy atom. The maximum atomic E-state index is 12.5. The summed E-state index contributed by atoms with van der Waals surface area (Å²) in [6, 6.07) is 15.6. The zero-order valence-corrected chi connectivity index (χ0v) is 14.4. The zero-order chi connectivity index (χ0) is 17.8. The Morgan fingerprint density at radius 2 is 1.88 bits per heavy atom. The molecule has 0 spiro atoms. The second kappa shape index (κ2) is 7.40. The number of rotatable bonds is 5. The summed E-state index contributed by atoms with van der Waals surface area (Å²) in [5, 5.41) is 0.616. The smallest absolute Gasteiger partial charge is 0.289 e. The molecule has 6 heteroatoms. The van der Waals surface area contributed by atoms with Crippen molar-refractivity contribution in [2.45, 2.75) is 13.1 Å². The lowest BCUT2D eigenvalue weighted by molar-refractivity contribution is 0.0751. The number of halogens is 1. The van der Waals surface area contributed by atoms with Crippen LogP contribution in [0.4, 0.5) is 0 Å². The molecule has 0 N–H and O–H groups in total. The molecule has 0 saturated carbocycles. The van der Waals surface area contributed by atoms with Crippen molar-refractivity contribution in [1.82, 2.24) is 9.47 Å². The van der Waals surface area contributed by atoms with Crippen molar-refractivity contribution in [3.8, 4) is 0 Å². The van der Waals surface area contributed by atoms with Crippen molar-refractivity contribution in [1.29, 1.82) is 0 Å². The summed E-state index contributed by atoms with van der Waals surface area (Å²) in [6.45, 7) is 0.661. The molecule has 0 saturated heterocycles. The third-order valence-corrected chi connectivity index (χ3v) is 4.18. The Balaban J connectivity index is 1.71. The van der Waals surface area contributed by atoms with Crippen LogP contribution in [0.3, 0.4) is 0 Å². The second-order valence-electron chi connectivity index (χ2n) is 5.69. The maximum Gasteiger partial charge on any atom is 0.289 e. The topological polar surface area (TPSA) is 55.5 Å². The Labute approximate surface area is 150 Å². The van der Waals surface area contributed by atoms with Gasteiger partial charge in [0.25, 0.3) is 11.5 Å². The number of carbonyl (C=O) groups is 1. The summed E-state index contributed by atoms with van der Waals surface area (Å²) in [7, 11) is 1.69. The first-order chi connectivity index (χ1) is 12.0. The van der Waals surface area contributed by atoms with Gasteiger partial charge in [-0.25, -0.2) is 0 Å². The predicted molar refractivity (Wildman–Crippen MR) is 95.8 cm³/mol. The van der Waals surface area contributed by atoms with Crippen molar-refractivity contribution in [3.05, 3.63) is 93.3 Å². The molecule has 0 aliphatic carbocycles. The highest BCUT2D eigenvalue weighted by Gasteiger charge is 2.17. The molecular weight excluding hydrogens is 340 g/mol.